The van der Waals surface area contributed by atoms with Crippen LogP contribution in [0, 0.1) is 0 Å². The van der Waals surface area contributed by atoms with Gasteiger partial charge in [0.25, 0.3) is 5.91 Å². The van der Waals surface area contributed by atoms with Gasteiger partial charge in [0, 0.05) is 17.8 Å². The van der Waals surface area contributed by atoms with Gasteiger partial charge in [-0.05, 0) is 37.8 Å². The number of nitrogens with zero attached hydrogens (tertiary/aromatic N) is 1. The number of methoxy groups -OCH3 is 1. The molecule has 6 nitrogen and oxygen atoms in total. The van der Waals surface area contributed by atoms with Crippen LogP contribution in [0.5, 0.6) is 11.5 Å². The number of fused-ring (bicyclic) bond motifs is 1. The van der Waals surface area contributed by atoms with Crippen molar-refractivity contribution in [3.05, 3.63) is 46.4 Å². The Balaban J connectivity index is 1.69. The molecule has 8 heteroatoms. The lowest BCUT2D eigenvalue weighted by Crippen LogP contribution is -2.13. The van der Waals surface area contributed by atoms with Crippen LogP contribution < -0.4 is 14.8 Å². The Morgan fingerprint density at radius 1 is 1.21 bits per heavy atom. The van der Waals surface area contributed by atoms with E-state index in [2.05, 4.69) is 10.3 Å². The predicted octanol–water partition coefficient (Wildman–Crippen LogP) is 5.72. The van der Waals surface area contributed by atoms with Gasteiger partial charge < -0.3 is 19.2 Å². The van der Waals surface area contributed by atoms with Gasteiger partial charge in [-0.2, -0.15) is 0 Å². The molecule has 0 unspecified atom stereocenters. The van der Waals surface area contributed by atoms with Crippen LogP contribution in [0.1, 0.15) is 36.0 Å². The second-order valence-corrected chi connectivity index (χ2v) is 7.39. The zero-order chi connectivity index (χ0) is 19.7. The zero-order valence-electron chi connectivity index (χ0n) is 15.1. The number of benzene rings is 1. The Morgan fingerprint density at radius 3 is 2.61 bits per heavy atom. The van der Waals surface area contributed by atoms with Crippen molar-refractivity contribution >= 4 is 45.8 Å². The van der Waals surface area contributed by atoms with E-state index in [9.17, 15) is 4.79 Å². The first kappa shape index (κ1) is 18.9. The van der Waals surface area contributed by atoms with Crippen molar-refractivity contribution in [2.45, 2.75) is 31.8 Å². The summed E-state index contributed by atoms with van der Waals surface area (Å²) in [6.45, 7) is 0. The quantitative estimate of drug-likeness (QED) is 0.571. The van der Waals surface area contributed by atoms with E-state index >= 15 is 0 Å². The Hall–Kier alpha value is -2.44. The number of anilines is 1. The summed E-state index contributed by atoms with van der Waals surface area (Å²) in [6, 6.07) is 3.54. The first-order chi connectivity index (χ1) is 13.6. The molecule has 1 aliphatic carbocycles. The van der Waals surface area contributed by atoms with Crippen LogP contribution in [-0.2, 0) is 0 Å². The number of furan rings is 1. The van der Waals surface area contributed by atoms with Gasteiger partial charge >= 0.3 is 0 Å². The van der Waals surface area contributed by atoms with Crippen LogP contribution in [0.2, 0.25) is 10.0 Å². The van der Waals surface area contributed by atoms with E-state index in [1.165, 1.54) is 18.7 Å². The Labute approximate surface area is 171 Å². The van der Waals surface area contributed by atoms with Crippen LogP contribution in [0.25, 0.3) is 11.0 Å². The second-order valence-electron chi connectivity index (χ2n) is 6.58. The molecule has 1 fully saturated rings. The van der Waals surface area contributed by atoms with Gasteiger partial charge in [0.2, 0.25) is 5.75 Å². The van der Waals surface area contributed by atoms with Crippen LogP contribution in [0.15, 0.2) is 35.2 Å². The minimum absolute atomic E-state index is 0.122. The molecule has 3 aromatic rings. The Kier molecular flexibility index (Phi) is 5.33. The third kappa shape index (κ3) is 3.50. The highest BCUT2D eigenvalue weighted by atomic mass is 35.5. The number of carbonyl (C=O) groups excluding carboxylic acids is 1. The van der Waals surface area contributed by atoms with E-state index in [0.717, 1.165) is 25.7 Å². The fourth-order valence-corrected chi connectivity index (χ4v) is 3.85. The number of pyridine rings is 1. The average molecular weight is 421 g/mol. The van der Waals surface area contributed by atoms with Gasteiger partial charge in [-0.1, -0.05) is 23.2 Å². The van der Waals surface area contributed by atoms with Crippen LogP contribution in [0.4, 0.5) is 5.69 Å². The first-order valence-electron chi connectivity index (χ1n) is 8.93. The third-order valence-corrected chi connectivity index (χ3v) is 5.38. The predicted molar refractivity (Wildman–Crippen MR) is 108 cm³/mol. The molecule has 1 aliphatic rings. The van der Waals surface area contributed by atoms with Crippen molar-refractivity contribution in [2.24, 2.45) is 0 Å². The molecule has 0 radical (unpaired) electrons. The summed E-state index contributed by atoms with van der Waals surface area (Å²) in [4.78, 5) is 16.7. The van der Waals surface area contributed by atoms with Gasteiger partial charge in [-0.15, -0.1) is 0 Å². The summed E-state index contributed by atoms with van der Waals surface area (Å²) < 4.78 is 17.3. The molecule has 2 heterocycles. The van der Waals surface area contributed by atoms with Gasteiger partial charge in [0.05, 0.1) is 34.5 Å². The molecule has 0 bridgehead atoms. The summed E-state index contributed by atoms with van der Waals surface area (Å²) in [5.41, 5.74) is 1.12. The topological polar surface area (TPSA) is 73.6 Å². The van der Waals surface area contributed by atoms with E-state index in [-0.39, 0.29) is 16.1 Å². The molecular formula is C20H18Cl2N2O4. The average Bonchev–Trinajstić information content (AvgIpc) is 3.34. The number of nitrogens with one attached hydrogen (secondary N) is 1. The molecule has 0 aliphatic heterocycles. The fraction of sp³-hybridized carbons (Fsp3) is 0.300. The van der Waals surface area contributed by atoms with E-state index < -0.39 is 5.91 Å². The van der Waals surface area contributed by atoms with Gasteiger partial charge in [0.1, 0.15) is 6.26 Å². The smallest absolute Gasteiger partial charge is 0.259 e. The number of ether oxygens (including phenoxy) is 2. The zero-order valence-corrected chi connectivity index (χ0v) is 16.6. The fourth-order valence-electron chi connectivity index (χ4n) is 3.39. The molecule has 2 aromatic heterocycles. The summed E-state index contributed by atoms with van der Waals surface area (Å²) in [5.74, 6) is 0.692. The Morgan fingerprint density at radius 2 is 1.93 bits per heavy atom. The monoisotopic (exact) mass is 420 g/mol. The van der Waals surface area contributed by atoms with Crippen LogP contribution in [-0.4, -0.2) is 24.1 Å². The Bertz CT molecular complexity index is 1010. The lowest BCUT2D eigenvalue weighted by atomic mass is 10.1. The standard InChI is InChI=1S/C20H18Cl2N2O4/c1-26-16-7-6-12-13(20(25)24-17-14(21)8-23-9-15(17)22)10-27-18(12)19(16)28-11-4-2-3-5-11/h6-11H,2-5H2,1H3,(H,23,24,25). The highest BCUT2D eigenvalue weighted by molar-refractivity contribution is 6.39. The number of rotatable bonds is 5. The normalized spacial score (nSPS) is 14.4. The number of aromatic nitrogens is 1. The van der Waals surface area contributed by atoms with Crippen molar-refractivity contribution in [2.75, 3.05) is 12.4 Å². The lowest BCUT2D eigenvalue weighted by Gasteiger charge is -2.16. The van der Waals surface area contributed by atoms with Gasteiger partial charge in [-0.25, -0.2) is 0 Å². The third-order valence-electron chi connectivity index (χ3n) is 4.80. The van der Waals surface area contributed by atoms with Crippen molar-refractivity contribution in [1.29, 1.82) is 0 Å². The largest absolute Gasteiger partial charge is 0.493 e. The van der Waals surface area contributed by atoms with Crippen LogP contribution in [0.3, 0.4) is 0 Å². The minimum Gasteiger partial charge on any atom is -0.493 e. The maximum atomic E-state index is 12.8. The second kappa shape index (κ2) is 7.89. The van der Waals surface area contributed by atoms with E-state index in [1.54, 1.807) is 19.2 Å². The summed E-state index contributed by atoms with van der Waals surface area (Å²) in [5, 5.41) is 3.84. The summed E-state index contributed by atoms with van der Waals surface area (Å²) in [7, 11) is 1.58. The van der Waals surface area contributed by atoms with E-state index in [4.69, 9.17) is 37.1 Å². The number of hydrogen-bond donors (Lipinski definition) is 1. The summed E-state index contributed by atoms with van der Waals surface area (Å²) >= 11 is 12.2. The van der Waals surface area contributed by atoms with E-state index in [0.29, 0.717) is 33.7 Å². The van der Waals surface area contributed by atoms with Crippen molar-refractivity contribution in [1.82, 2.24) is 4.98 Å². The number of halogens is 2. The molecule has 1 aromatic carbocycles. The molecule has 1 N–H and O–H groups in total. The molecule has 1 saturated carbocycles. The van der Waals surface area contributed by atoms with E-state index in [1.807, 2.05) is 0 Å². The number of carbonyl (C=O) groups is 1. The summed E-state index contributed by atoms with van der Waals surface area (Å²) in [6.07, 6.45) is 8.61. The minimum atomic E-state index is -0.397. The van der Waals surface area contributed by atoms with Crippen molar-refractivity contribution in [3.63, 3.8) is 0 Å². The van der Waals surface area contributed by atoms with Crippen molar-refractivity contribution in [3.8, 4) is 11.5 Å². The molecule has 1 amide bonds. The highest BCUT2D eigenvalue weighted by Gasteiger charge is 2.24. The maximum absolute atomic E-state index is 12.8. The SMILES string of the molecule is COc1ccc2c(C(=O)Nc3c(Cl)cncc3Cl)coc2c1OC1CCCC1. The van der Waals surface area contributed by atoms with Gasteiger partial charge in [0.15, 0.2) is 11.3 Å². The molecule has 28 heavy (non-hydrogen) atoms. The molecule has 0 saturated heterocycles. The van der Waals surface area contributed by atoms with Crippen LogP contribution >= 0.6 is 23.2 Å². The van der Waals surface area contributed by atoms with Crippen molar-refractivity contribution < 1.29 is 18.7 Å². The lowest BCUT2D eigenvalue weighted by molar-refractivity contribution is 0.102. The molecule has 146 valence electrons. The van der Waals surface area contributed by atoms with Gasteiger partial charge in [-0.3, -0.25) is 9.78 Å². The number of hydrogen-bond acceptors (Lipinski definition) is 5. The molecule has 4 rings (SSSR count). The molecule has 0 atom stereocenters. The first-order valence-corrected chi connectivity index (χ1v) is 9.69. The number of amides is 1. The maximum Gasteiger partial charge on any atom is 0.259 e. The molecule has 0 spiro atoms. The highest BCUT2D eigenvalue weighted by Crippen LogP contribution is 2.40. The molecular weight excluding hydrogens is 403 g/mol.